The maximum atomic E-state index is 12.3. The van der Waals surface area contributed by atoms with E-state index < -0.39 is 29.8 Å². The van der Waals surface area contributed by atoms with E-state index in [0.717, 1.165) is 11.1 Å². The Morgan fingerprint density at radius 2 is 1.07 bits per heavy atom. The van der Waals surface area contributed by atoms with E-state index in [1.54, 1.807) is 60.7 Å². The quantitative estimate of drug-likeness (QED) is 0.0665. The van der Waals surface area contributed by atoms with Crippen molar-refractivity contribution in [2.75, 3.05) is 0 Å². The number of benzene rings is 4. The molecular formula is C39H40Br4N2O10. The van der Waals surface area contributed by atoms with Crippen LogP contribution < -0.4 is 20.5 Å². The number of hydrogen-bond acceptors (Lipinski definition) is 8. The van der Waals surface area contributed by atoms with Crippen molar-refractivity contribution in [3.05, 3.63) is 101 Å². The zero-order valence-electron chi connectivity index (χ0n) is 30.2. The Hall–Kier alpha value is -4.12. The minimum absolute atomic E-state index is 0.0613. The zero-order chi connectivity index (χ0) is 41.1. The van der Waals surface area contributed by atoms with Crippen LogP contribution in [0.2, 0.25) is 0 Å². The number of carbonyl (C=O) groups excluding carboxylic acids is 2. The van der Waals surface area contributed by atoms with Crippen LogP contribution in [0.25, 0.3) is 0 Å². The summed E-state index contributed by atoms with van der Waals surface area (Å²) in [7, 11) is 0. The number of nitrogens with two attached hydrogens (primary N) is 1. The molecule has 0 unspecified atom stereocenters. The second-order valence-electron chi connectivity index (χ2n) is 12.9. The third-order valence-electron chi connectivity index (χ3n) is 7.83. The Labute approximate surface area is 351 Å². The van der Waals surface area contributed by atoms with Crippen LogP contribution in [0.3, 0.4) is 0 Å². The molecule has 0 saturated heterocycles. The Balaban J connectivity index is 0.000000311. The van der Waals surface area contributed by atoms with Crippen LogP contribution >= 0.6 is 63.7 Å². The number of hydrogen-bond donors (Lipinski definition) is 6. The standard InChI is InChI=1S/C22H24Br2N2O6.C17H16Br2O4/c1-11(2)14-10-13(3-5-18(14)27)32-21-15(23)7-12(8-16(21)24)9-20(29)26-17(22(30)31)4-6-19(25)28;1-9(2)12-8-11(3-4-15(12)20)23-17-13(18)5-10(6-14(17)19)7-16(21)22/h3,5,7-8,10-11,17,27H,4,6,9H2,1-2H3,(H2,25,28)(H,26,29)(H,30,31);3-6,8-9,20H,7H2,1-2H3,(H,21,22)/t17-;/m0./s1. The largest absolute Gasteiger partial charge is 0.508 e. The maximum Gasteiger partial charge on any atom is 0.326 e. The van der Waals surface area contributed by atoms with Crippen LogP contribution in [-0.2, 0) is 32.0 Å². The van der Waals surface area contributed by atoms with E-state index in [4.69, 9.17) is 20.3 Å². The molecule has 2 amide bonds. The molecule has 7 N–H and O–H groups in total. The number of halogens is 4. The van der Waals surface area contributed by atoms with Crippen molar-refractivity contribution in [2.45, 2.75) is 71.3 Å². The molecule has 0 saturated carbocycles. The van der Waals surface area contributed by atoms with Gasteiger partial charge in [-0.15, -0.1) is 0 Å². The first-order valence-electron chi connectivity index (χ1n) is 16.7. The van der Waals surface area contributed by atoms with E-state index in [1.807, 2.05) is 27.7 Å². The number of phenols is 2. The van der Waals surface area contributed by atoms with Crippen LogP contribution in [0.4, 0.5) is 0 Å². The molecule has 0 aliphatic carbocycles. The summed E-state index contributed by atoms with van der Waals surface area (Å²) in [5.41, 5.74) is 7.89. The summed E-state index contributed by atoms with van der Waals surface area (Å²) in [6.45, 7) is 7.91. The molecule has 0 heterocycles. The highest BCUT2D eigenvalue weighted by Crippen LogP contribution is 2.41. The molecule has 0 spiro atoms. The van der Waals surface area contributed by atoms with E-state index in [9.17, 15) is 34.5 Å². The number of carboxylic acid groups (broad SMARTS) is 2. The van der Waals surface area contributed by atoms with Gasteiger partial charge in [0.2, 0.25) is 11.8 Å². The number of phenolic OH excluding ortho intramolecular Hbond substituents is 2. The number of carboxylic acids is 2. The van der Waals surface area contributed by atoms with Crippen molar-refractivity contribution in [2.24, 2.45) is 5.73 Å². The molecule has 0 aliphatic heterocycles. The number of carbonyl (C=O) groups is 4. The SMILES string of the molecule is CC(C)c1cc(Oc2c(Br)cc(CC(=O)N[C@@H](CCC(N)=O)C(=O)O)cc2Br)ccc1O.CC(C)c1cc(Oc2c(Br)cc(CC(=O)O)cc2Br)ccc1O. The lowest BCUT2D eigenvalue weighted by Gasteiger charge is -2.16. The summed E-state index contributed by atoms with van der Waals surface area (Å²) in [4.78, 5) is 45.3. The summed E-state index contributed by atoms with van der Waals surface area (Å²) >= 11 is 13.7. The van der Waals surface area contributed by atoms with Gasteiger partial charge in [-0.1, -0.05) is 27.7 Å². The second kappa shape index (κ2) is 20.7. The highest BCUT2D eigenvalue weighted by atomic mass is 79.9. The van der Waals surface area contributed by atoms with Crippen molar-refractivity contribution >= 4 is 87.5 Å². The Morgan fingerprint density at radius 1 is 0.673 bits per heavy atom. The molecule has 4 aromatic rings. The number of aromatic hydroxyl groups is 2. The summed E-state index contributed by atoms with van der Waals surface area (Å²) in [5.74, 6) is -0.373. The molecule has 12 nitrogen and oxygen atoms in total. The molecule has 55 heavy (non-hydrogen) atoms. The van der Waals surface area contributed by atoms with Gasteiger partial charge >= 0.3 is 11.9 Å². The first-order valence-corrected chi connectivity index (χ1v) is 19.9. The van der Waals surface area contributed by atoms with Gasteiger partial charge in [-0.2, -0.15) is 0 Å². The molecule has 0 radical (unpaired) electrons. The molecule has 294 valence electrons. The summed E-state index contributed by atoms with van der Waals surface area (Å²) in [6.07, 6.45) is -0.361. The van der Waals surface area contributed by atoms with Gasteiger partial charge in [0.15, 0.2) is 11.5 Å². The normalized spacial score (nSPS) is 11.4. The monoisotopic (exact) mass is 1010 g/mol. The van der Waals surface area contributed by atoms with Gasteiger partial charge in [-0.05, 0) is 154 Å². The van der Waals surface area contributed by atoms with Crippen LogP contribution in [0, 0.1) is 0 Å². The zero-order valence-corrected chi connectivity index (χ0v) is 36.5. The fourth-order valence-electron chi connectivity index (χ4n) is 5.13. The minimum Gasteiger partial charge on any atom is -0.508 e. The average molecular weight is 1020 g/mol. The third-order valence-corrected chi connectivity index (χ3v) is 10.2. The molecule has 0 fully saturated rings. The van der Waals surface area contributed by atoms with E-state index in [0.29, 0.717) is 52.0 Å². The lowest BCUT2D eigenvalue weighted by Crippen LogP contribution is -2.42. The number of aliphatic carboxylic acids is 2. The Bertz CT molecular complexity index is 2010. The van der Waals surface area contributed by atoms with Crippen LogP contribution in [0.15, 0.2) is 78.6 Å². The summed E-state index contributed by atoms with van der Waals surface area (Å²) in [6, 6.07) is 15.7. The number of ether oxygens (including phenoxy) is 2. The topological polar surface area (TPSA) is 206 Å². The molecule has 0 bridgehead atoms. The first kappa shape index (κ1) is 45.3. The first-order chi connectivity index (χ1) is 25.7. The molecule has 4 aromatic carbocycles. The molecule has 4 rings (SSSR count). The van der Waals surface area contributed by atoms with Gasteiger partial charge in [-0.25, -0.2) is 4.79 Å². The smallest absolute Gasteiger partial charge is 0.326 e. The van der Waals surface area contributed by atoms with Gasteiger partial charge in [0.1, 0.15) is 29.0 Å². The van der Waals surface area contributed by atoms with Gasteiger partial charge in [-0.3, -0.25) is 14.4 Å². The number of amides is 2. The third kappa shape index (κ3) is 13.8. The van der Waals surface area contributed by atoms with Crippen molar-refractivity contribution in [1.29, 1.82) is 0 Å². The van der Waals surface area contributed by atoms with Crippen molar-refractivity contribution in [1.82, 2.24) is 5.32 Å². The molecular weight excluding hydrogens is 976 g/mol. The van der Waals surface area contributed by atoms with Crippen molar-refractivity contribution in [3.63, 3.8) is 0 Å². The Morgan fingerprint density at radius 3 is 1.42 bits per heavy atom. The van der Waals surface area contributed by atoms with Gasteiger partial charge in [0.25, 0.3) is 0 Å². The highest BCUT2D eigenvalue weighted by molar-refractivity contribution is 9.11. The van der Waals surface area contributed by atoms with Gasteiger partial charge in [0, 0.05) is 17.5 Å². The fraction of sp³-hybridized carbons (Fsp3) is 0.282. The summed E-state index contributed by atoms with van der Waals surface area (Å²) in [5, 5.41) is 40.4. The molecule has 0 aliphatic rings. The van der Waals surface area contributed by atoms with Crippen molar-refractivity contribution < 1.29 is 49.1 Å². The predicted octanol–water partition coefficient (Wildman–Crippen LogP) is 9.67. The molecule has 16 heteroatoms. The lowest BCUT2D eigenvalue weighted by atomic mass is 10.0. The van der Waals surface area contributed by atoms with Crippen LogP contribution in [0.5, 0.6) is 34.5 Å². The van der Waals surface area contributed by atoms with E-state index in [1.165, 1.54) is 0 Å². The summed E-state index contributed by atoms with van der Waals surface area (Å²) < 4.78 is 14.3. The van der Waals surface area contributed by atoms with E-state index >= 15 is 0 Å². The van der Waals surface area contributed by atoms with Crippen molar-refractivity contribution in [3.8, 4) is 34.5 Å². The van der Waals surface area contributed by atoms with Gasteiger partial charge < -0.3 is 41.0 Å². The number of rotatable bonds is 15. The fourth-order valence-corrected chi connectivity index (χ4v) is 8.01. The average Bonchev–Trinajstić information content (AvgIpc) is 3.07. The van der Waals surface area contributed by atoms with Crippen LogP contribution in [-0.4, -0.2) is 50.2 Å². The molecule has 0 aromatic heterocycles. The van der Waals surface area contributed by atoms with Crippen LogP contribution in [0.1, 0.15) is 74.6 Å². The van der Waals surface area contributed by atoms with E-state index in [2.05, 4.69) is 69.0 Å². The highest BCUT2D eigenvalue weighted by Gasteiger charge is 2.22. The number of nitrogens with one attached hydrogen (secondary N) is 1. The second-order valence-corrected chi connectivity index (χ2v) is 16.4. The minimum atomic E-state index is -1.24. The predicted molar refractivity (Wildman–Crippen MR) is 221 cm³/mol. The van der Waals surface area contributed by atoms with E-state index in [-0.39, 0.29) is 49.0 Å². The van der Waals surface area contributed by atoms with Gasteiger partial charge in [0.05, 0.1) is 30.7 Å². The Kier molecular flexibility index (Phi) is 17.0. The maximum absolute atomic E-state index is 12.3. The molecule has 1 atom stereocenters. The lowest BCUT2D eigenvalue weighted by molar-refractivity contribution is -0.142. The number of primary amides is 1.